The molecule has 1 saturated carbocycles. The SMILES string of the molecule is CCC(CC1CC1)Nc1cccc(F)c1[N+](=O)[O-]. The highest BCUT2D eigenvalue weighted by Gasteiger charge is 2.27. The Kier molecular flexibility index (Phi) is 3.79. The van der Waals surface area contributed by atoms with Crippen molar-refractivity contribution in [1.82, 2.24) is 0 Å². The maximum absolute atomic E-state index is 13.4. The molecule has 0 radical (unpaired) electrons. The Labute approximate surface area is 105 Å². The van der Waals surface area contributed by atoms with Gasteiger partial charge in [-0.05, 0) is 30.9 Å². The smallest absolute Gasteiger partial charge is 0.327 e. The molecule has 1 aromatic carbocycles. The number of halogens is 1. The van der Waals surface area contributed by atoms with Crippen LogP contribution in [0.1, 0.15) is 32.6 Å². The maximum atomic E-state index is 13.4. The van der Waals surface area contributed by atoms with Crippen molar-refractivity contribution in [2.45, 2.75) is 38.6 Å². The molecule has 0 aliphatic heterocycles. The minimum atomic E-state index is -0.786. The Bertz CT molecular complexity index is 447. The first-order chi connectivity index (χ1) is 8.61. The summed E-state index contributed by atoms with van der Waals surface area (Å²) < 4.78 is 13.4. The third-order valence-electron chi connectivity index (χ3n) is 3.34. The molecule has 1 atom stereocenters. The highest BCUT2D eigenvalue weighted by atomic mass is 19.1. The average molecular weight is 252 g/mol. The first kappa shape index (κ1) is 12.8. The van der Waals surface area contributed by atoms with Gasteiger partial charge < -0.3 is 5.32 Å². The van der Waals surface area contributed by atoms with Crippen LogP contribution in [0.5, 0.6) is 0 Å². The van der Waals surface area contributed by atoms with E-state index in [9.17, 15) is 14.5 Å². The van der Waals surface area contributed by atoms with Gasteiger partial charge >= 0.3 is 5.69 Å². The number of hydrogen-bond donors (Lipinski definition) is 1. The normalized spacial score (nSPS) is 16.3. The number of nitrogens with zero attached hydrogens (tertiary/aromatic N) is 1. The number of nitrogens with one attached hydrogen (secondary N) is 1. The van der Waals surface area contributed by atoms with Gasteiger partial charge in [0, 0.05) is 6.04 Å². The van der Waals surface area contributed by atoms with Crippen LogP contribution < -0.4 is 5.32 Å². The zero-order chi connectivity index (χ0) is 13.1. The molecule has 1 aliphatic carbocycles. The number of para-hydroxylation sites is 1. The highest BCUT2D eigenvalue weighted by molar-refractivity contribution is 5.62. The lowest BCUT2D eigenvalue weighted by Gasteiger charge is -2.18. The summed E-state index contributed by atoms with van der Waals surface area (Å²) in [6, 6.07) is 4.36. The van der Waals surface area contributed by atoms with Crippen molar-refractivity contribution in [2.75, 3.05) is 5.32 Å². The van der Waals surface area contributed by atoms with Crippen molar-refractivity contribution in [3.63, 3.8) is 0 Å². The summed E-state index contributed by atoms with van der Waals surface area (Å²) in [6.07, 6.45) is 4.36. The van der Waals surface area contributed by atoms with Crippen LogP contribution in [0.15, 0.2) is 18.2 Å². The molecule has 0 aromatic heterocycles. The number of anilines is 1. The lowest BCUT2D eigenvalue weighted by atomic mass is 10.1. The monoisotopic (exact) mass is 252 g/mol. The molecular formula is C13H17FN2O2. The van der Waals surface area contributed by atoms with Crippen molar-refractivity contribution in [2.24, 2.45) is 5.92 Å². The molecule has 5 heteroatoms. The van der Waals surface area contributed by atoms with E-state index in [-0.39, 0.29) is 11.7 Å². The van der Waals surface area contributed by atoms with Crippen LogP contribution in [0.25, 0.3) is 0 Å². The number of benzene rings is 1. The Morgan fingerprint density at radius 1 is 1.56 bits per heavy atom. The van der Waals surface area contributed by atoms with E-state index in [0.29, 0.717) is 0 Å². The predicted octanol–water partition coefficient (Wildman–Crippen LogP) is 3.72. The van der Waals surface area contributed by atoms with Crippen molar-refractivity contribution in [1.29, 1.82) is 0 Å². The fraction of sp³-hybridized carbons (Fsp3) is 0.538. The van der Waals surface area contributed by atoms with Crippen LogP contribution in [-0.4, -0.2) is 11.0 Å². The number of rotatable bonds is 6. The fourth-order valence-corrected chi connectivity index (χ4v) is 2.12. The van der Waals surface area contributed by atoms with Gasteiger partial charge in [-0.25, -0.2) is 0 Å². The number of hydrogen-bond acceptors (Lipinski definition) is 3. The van der Waals surface area contributed by atoms with E-state index in [1.54, 1.807) is 6.07 Å². The zero-order valence-electron chi connectivity index (χ0n) is 10.4. The van der Waals surface area contributed by atoms with Gasteiger partial charge in [0.25, 0.3) is 0 Å². The first-order valence-corrected chi connectivity index (χ1v) is 6.31. The average Bonchev–Trinajstić information content (AvgIpc) is 3.11. The number of nitro groups is 1. The third-order valence-corrected chi connectivity index (χ3v) is 3.34. The summed E-state index contributed by atoms with van der Waals surface area (Å²) >= 11 is 0. The molecule has 0 spiro atoms. The van der Waals surface area contributed by atoms with Crippen molar-refractivity contribution < 1.29 is 9.31 Å². The van der Waals surface area contributed by atoms with E-state index in [0.717, 1.165) is 24.8 Å². The topological polar surface area (TPSA) is 55.2 Å². The molecule has 0 heterocycles. The van der Waals surface area contributed by atoms with Crippen molar-refractivity contribution in [3.8, 4) is 0 Å². The van der Waals surface area contributed by atoms with E-state index in [1.807, 2.05) is 6.92 Å². The molecule has 0 saturated heterocycles. The molecule has 4 nitrogen and oxygen atoms in total. The first-order valence-electron chi connectivity index (χ1n) is 6.31. The van der Waals surface area contributed by atoms with Gasteiger partial charge in [-0.2, -0.15) is 4.39 Å². The van der Waals surface area contributed by atoms with Gasteiger partial charge in [0.15, 0.2) is 0 Å². The van der Waals surface area contributed by atoms with Crippen molar-refractivity contribution in [3.05, 3.63) is 34.1 Å². The van der Waals surface area contributed by atoms with Crippen LogP contribution in [0.2, 0.25) is 0 Å². The predicted molar refractivity (Wildman–Crippen MR) is 68.1 cm³/mol. The molecule has 1 aromatic rings. The molecular weight excluding hydrogens is 235 g/mol. The van der Waals surface area contributed by atoms with Crippen LogP contribution in [-0.2, 0) is 0 Å². The summed E-state index contributed by atoms with van der Waals surface area (Å²) in [5.74, 6) is -0.0543. The molecule has 1 aliphatic rings. The Morgan fingerprint density at radius 3 is 2.83 bits per heavy atom. The summed E-state index contributed by atoms with van der Waals surface area (Å²) in [5, 5.41) is 14.0. The van der Waals surface area contributed by atoms with Crippen LogP contribution >= 0.6 is 0 Å². The van der Waals surface area contributed by atoms with Crippen LogP contribution in [0, 0.1) is 21.8 Å². The van der Waals surface area contributed by atoms with Gasteiger partial charge in [-0.15, -0.1) is 0 Å². The van der Waals surface area contributed by atoms with E-state index in [1.165, 1.54) is 18.9 Å². The largest absolute Gasteiger partial charge is 0.377 e. The second kappa shape index (κ2) is 5.33. The van der Waals surface area contributed by atoms with E-state index >= 15 is 0 Å². The van der Waals surface area contributed by atoms with Gasteiger partial charge in [0.05, 0.1) is 4.92 Å². The van der Waals surface area contributed by atoms with E-state index in [2.05, 4.69) is 5.32 Å². The second-order valence-corrected chi connectivity index (χ2v) is 4.82. The molecule has 18 heavy (non-hydrogen) atoms. The zero-order valence-corrected chi connectivity index (χ0v) is 10.4. The summed E-state index contributed by atoms with van der Waals surface area (Å²) in [6.45, 7) is 2.03. The lowest BCUT2D eigenvalue weighted by Crippen LogP contribution is -2.20. The minimum Gasteiger partial charge on any atom is -0.377 e. The Morgan fingerprint density at radius 2 is 2.28 bits per heavy atom. The molecule has 98 valence electrons. The van der Waals surface area contributed by atoms with E-state index < -0.39 is 16.4 Å². The molecule has 2 rings (SSSR count). The summed E-state index contributed by atoms with van der Waals surface area (Å²) in [5.41, 5.74) is -0.167. The molecule has 1 N–H and O–H groups in total. The quantitative estimate of drug-likeness (QED) is 0.620. The molecule has 1 fully saturated rings. The molecule has 0 bridgehead atoms. The van der Waals surface area contributed by atoms with Gasteiger partial charge in [0.1, 0.15) is 5.69 Å². The number of nitro benzene ring substituents is 1. The summed E-state index contributed by atoms with van der Waals surface area (Å²) in [4.78, 5) is 10.2. The third kappa shape index (κ3) is 2.97. The van der Waals surface area contributed by atoms with E-state index in [4.69, 9.17) is 0 Å². The molecule has 0 amide bonds. The Balaban J connectivity index is 2.15. The summed E-state index contributed by atoms with van der Waals surface area (Å²) in [7, 11) is 0. The van der Waals surface area contributed by atoms with Gasteiger partial charge in [-0.3, -0.25) is 10.1 Å². The fourth-order valence-electron chi connectivity index (χ4n) is 2.12. The lowest BCUT2D eigenvalue weighted by molar-refractivity contribution is -0.386. The minimum absolute atomic E-state index is 0.179. The van der Waals surface area contributed by atoms with Gasteiger partial charge in [0.2, 0.25) is 5.82 Å². The maximum Gasteiger partial charge on any atom is 0.327 e. The second-order valence-electron chi connectivity index (χ2n) is 4.82. The van der Waals surface area contributed by atoms with Crippen LogP contribution in [0.3, 0.4) is 0 Å². The molecule has 1 unspecified atom stereocenters. The Hall–Kier alpha value is -1.65. The standard InChI is InChI=1S/C13H17FN2O2/c1-2-10(8-9-6-7-9)15-12-5-3-4-11(14)13(12)16(17)18/h3-5,9-10,15H,2,6-8H2,1H3. The van der Waals surface area contributed by atoms with Crippen LogP contribution in [0.4, 0.5) is 15.8 Å². The van der Waals surface area contributed by atoms with Gasteiger partial charge in [-0.1, -0.05) is 25.8 Å². The van der Waals surface area contributed by atoms with Crippen molar-refractivity contribution >= 4 is 11.4 Å². The highest BCUT2D eigenvalue weighted by Crippen LogP contribution is 2.36.